The summed E-state index contributed by atoms with van der Waals surface area (Å²) in [6.07, 6.45) is 0. The quantitative estimate of drug-likeness (QED) is 0.528. The highest BCUT2D eigenvalue weighted by Gasteiger charge is 2.29. The Hall–Kier alpha value is -2.82. The van der Waals surface area contributed by atoms with Gasteiger partial charge in [0.15, 0.2) is 5.13 Å². The van der Waals surface area contributed by atoms with E-state index in [0.29, 0.717) is 22.1 Å². The number of benzene rings is 2. The van der Waals surface area contributed by atoms with Crippen LogP contribution in [-0.2, 0) is 14.8 Å². The molecule has 0 aliphatic carbocycles. The van der Waals surface area contributed by atoms with Gasteiger partial charge < -0.3 is 10.1 Å². The zero-order valence-corrected chi connectivity index (χ0v) is 18.8. The van der Waals surface area contributed by atoms with E-state index in [-0.39, 0.29) is 16.6 Å². The number of carbonyl (C=O) groups is 1. The van der Waals surface area contributed by atoms with Crippen LogP contribution in [0.4, 0.5) is 9.52 Å². The predicted molar refractivity (Wildman–Crippen MR) is 118 cm³/mol. The summed E-state index contributed by atoms with van der Waals surface area (Å²) in [7, 11) is -2.45. The number of nitrogens with zero attached hydrogens (tertiary/aromatic N) is 1. The first-order valence-electron chi connectivity index (χ1n) is 9.38. The highest BCUT2D eigenvalue weighted by atomic mass is 32.2. The minimum absolute atomic E-state index is 0.0226. The number of nitrogens with one attached hydrogen (secondary N) is 2. The topological polar surface area (TPSA) is 97.4 Å². The van der Waals surface area contributed by atoms with Gasteiger partial charge in [-0.25, -0.2) is 17.8 Å². The van der Waals surface area contributed by atoms with Crippen molar-refractivity contribution < 1.29 is 22.3 Å². The lowest BCUT2D eigenvalue weighted by Crippen LogP contribution is -2.47. The molecule has 0 fully saturated rings. The highest BCUT2D eigenvalue weighted by Crippen LogP contribution is 2.26. The Kier molecular flexibility index (Phi) is 7.04. The van der Waals surface area contributed by atoms with Crippen LogP contribution in [0.5, 0.6) is 5.75 Å². The van der Waals surface area contributed by atoms with Gasteiger partial charge in [0, 0.05) is 10.9 Å². The van der Waals surface area contributed by atoms with E-state index >= 15 is 0 Å². The molecule has 7 nitrogen and oxygen atoms in total. The molecule has 0 saturated carbocycles. The Bertz CT molecular complexity index is 1160. The number of methoxy groups -OCH3 is 1. The van der Waals surface area contributed by atoms with Gasteiger partial charge in [-0.05, 0) is 42.3 Å². The average Bonchev–Trinajstić information content (AvgIpc) is 3.20. The molecule has 2 aromatic carbocycles. The predicted octanol–water partition coefficient (Wildman–Crippen LogP) is 3.90. The Morgan fingerprint density at radius 1 is 1.16 bits per heavy atom. The number of halogens is 1. The van der Waals surface area contributed by atoms with Crippen LogP contribution in [0.15, 0.2) is 58.8 Å². The summed E-state index contributed by atoms with van der Waals surface area (Å²) in [5.41, 5.74) is 1.09. The van der Waals surface area contributed by atoms with Gasteiger partial charge in [0.1, 0.15) is 17.6 Å². The summed E-state index contributed by atoms with van der Waals surface area (Å²) in [6.45, 7) is 3.47. The second-order valence-corrected chi connectivity index (χ2v) is 9.63. The van der Waals surface area contributed by atoms with E-state index in [9.17, 15) is 17.6 Å². The maximum absolute atomic E-state index is 13.4. The molecule has 0 bridgehead atoms. The van der Waals surface area contributed by atoms with Gasteiger partial charge in [0.05, 0.1) is 17.7 Å². The fourth-order valence-corrected chi connectivity index (χ4v) is 4.84. The van der Waals surface area contributed by atoms with E-state index in [1.165, 1.54) is 54.8 Å². The Morgan fingerprint density at radius 2 is 1.87 bits per heavy atom. The summed E-state index contributed by atoms with van der Waals surface area (Å²) in [6, 6.07) is 10.8. The number of ether oxygens (including phenoxy) is 1. The van der Waals surface area contributed by atoms with Gasteiger partial charge in [-0.1, -0.05) is 26.0 Å². The zero-order valence-electron chi connectivity index (χ0n) is 17.1. The lowest BCUT2D eigenvalue weighted by atomic mass is 10.1. The van der Waals surface area contributed by atoms with Crippen molar-refractivity contribution in [2.75, 3.05) is 12.4 Å². The van der Waals surface area contributed by atoms with Crippen LogP contribution in [0, 0.1) is 11.7 Å². The monoisotopic (exact) mass is 463 g/mol. The molecule has 1 aromatic heterocycles. The van der Waals surface area contributed by atoms with Gasteiger partial charge >= 0.3 is 0 Å². The van der Waals surface area contributed by atoms with Gasteiger partial charge in [-0.3, -0.25) is 4.79 Å². The highest BCUT2D eigenvalue weighted by molar-refractivity contribution is 7.89. The molecule has 3 rings (SSSR count). The first-order valence-corrected chi connectivity index (χ1v) is 11.7. The Morgan fingerprint density at radius 3 is 2.48 bits per heavy atom. The average molecular weight is 464 g/mol. The third-order valence-electron chi connectivity index (χ3n) is 4.46. The van der Waals surface area contributed by atoms with Crippen molar-refractivity contribution in [1.29, 1.82) is 0 Å². The third-order valence-corrected chi connectivity index (χ3v) is 6.67. The largest absolute Gasteiger partial charge is 0.497 e. The van der Waals surface area contributed by atoms with E-state index in [1.54, 1.807) is 31.4 Å². The smallest absolute Gasteiger partial charge is 0.244 e. The standard InChI is InChI=1S/C21H22FN3O4S2/c1-13(2)19(25-31(27,28)17-9-7-16(29-3)8-10-17)20(26)24-21-23-18(12-30-21)14-5-4-6-15(22)11-14/h4-13,19,25H,1-3H3,(H,23,24,26)/t19-/m0/s1. The van der Waals surface area contributed by atoms with Gasteiger partial charge in [-0.15, -0.1) is 11.3 Å². The first kappa shape index (κ1) is 22.9. The fraction of sp³-hybridized carbons (Fsp3) is 0.238. The molecule has 1 amide bonds. The number of carbonyl (C=O) groups excluding carboxylic acids is 1. The molecule has 0 spiro atoms. The number of rotatable bonds is 8. The van der Waals surface area contributed by atoms with Crippen LogP contribution >= 0.6 is 11.3 Å². The van der Waals surface area contributed by atoms with Crippen molar-refractivity contribution in [1.82, 2.24) is 9.71 Å². The first-order chi connectivity index (χ1) is 14.7. The number of thiazole rings is 1. The molecule has 10 heteroatoms. The van der Waals surface area contributed by atoms with Crippen LogP contribution in [0.2, 0.25) is 0 Å². The van der Waals surface area contributed by atoms with Gasteiger partial charge in [-0.2, -0.15) is 4.72 Å². The summed E-state index contributed by atoms with van der Waals surface area (Å²) in [5, 5.41) is 4.63. The van der Waals surface area contributed by atoms with E-state index < -0.39 is 22.0 Å². The molecular formula is C21H22FN3O4S2. The summed E-state index contributed by atoms with van der Waals surface area (Å²) >= 11 is 1.17. The van der Waals surface area contributed by atoms with Crippen molar-refractivity contribution in [3.63, 3.8) is 0 Å². The van der Waals surface area contributed by atoms with Crippen LogP contribution < -0.4 is 14.8 Å². The van der Waals surface area contributed by atoms with Crippen molar-refractivity contribution >= 4 is 32.4 Å². The molecule has 31 heavy (non-hydrogen) atoms. The van der Waals surface area contributed by atoms with Crippen molar-refractivity contribution in [3.8, 4) is 17.0 Å². The minimum Gasteiger partial charge on any atom is -0.497 e. The molecule has 0 aliphatic heterocycles. The third kappa shape index (κ3) is 5.66. The van der Waals surface area contributed by atoms with Crippen LogP contribution in [0.25, 0.3) is 11.3 Å². The van der Waals surface area contributed by atoms with Gasteiger partial charge in [0.2, 0.25) is 15.9 Å². The minimum atomic E-state index is -3.93. The number of hydrogen-bond acceptors (Lipinski definition) is 6. The van der Waals surface area contributed by atoms with Crippen LogP contribution in [0.3, 0.4) is 0 Å². The fourth-order valence-electron chi connectivity index (χ4n) is 2.78. The van der Waals surface area contributed by atoms with Crippen molar-refractivity contribution in [2.45, 2.75) is 24.8 Å². The second-order valence-electron chi connectivity index (χ2n) is 7.06. The van der Waals surface area contributed by atoms with Gasteiger partial charge in [0.25, 0.3) is 0 Å². The van der Waals surface area contributed by atoms with E-state index in [0.717, 1.165) is 0 Å². The van der Waals surface area contributed by atoms with Crippen LogP contribution in [-0.4, -0.2) is 32.5 Å². The summed E-state index contributed by atoms with van der Waals surface area (Å²) < 4.78 is 46.4. The molecule has 0 radical (unpaired) electrons. The maximum Gasteiger partial charge on any atom is 0.244 e. The Labute approximate surface area is 184 Å². The van der Waals surface area contributed by atoms with E-state index in [2.05, 4.69) is 15.0 Å². The van der Waals surface area contributed by atoms with E-state index in [4.69, 9.17) is 4.74 Å². The molecule has 0 aliphatic rings. The number of aromatic nitrogens is 1. The molecule has 0 unspecified atom stereocenters. The number of amides is 1. The maximum atomic E-state index is 13.4. The molecule has 1 atom stereocenters. The second kappa shape index (κ2) is 9.54. The lowest BCUT2D eigenvalue weighted by molar-refractivity contribution is -0.118. The normalized spacial score (nSPS) is 12.5. The number of anilines is 1. The zero-order chi connectivity index (χ0) is 22.6. The SMILES string of the molecule is COc1ccc(S(=O)(=O)N[C@H](C(=O)Nc2nc(-c3cccc(F)c3)cs2)C(C)C)cc1. The molecule has 1 heterocycles. The van der Waals surface area contributed by atoms with Crippen LogP contribution in [0.1, 0.15) is 13.8 Å². The molecule has 0 saturated heterocycles. The molecule has 2 N–H and O–H groups in total. The van der Waals surface area contributed by atoms with E-state index in [1.807, 2.05) is 0 Å². The Balaban J connectivity index is 1.75. The number of hydrogen-bond donors (Lipinski definition) is 2. The lowest BCUT2D eigenvalue weighted by Gasteiger charge is -2.21. The molecule has 164 valence electrons. The van der Waals surface area contributed by atoms with Crippen molar-refractivity contribution in [3.05, 3.63) is 59.7 Å². The number of sulfonamides is 1. The molecule has 3 aromatic rings. The summed E-state index contributed by atoms with van der Waals surface area (Å²) in [5.74, 6) is -0.721. The molecular weight excluding hydrogens is 441 g/mol. The van der Waals surface area contributed by atoms with Crippen molar-refractivity contribution in [2.24, 2.45) is 5.92 Å². The summed E-state index contributed by atoms with van der Waals surface area (Å²) in [4.78, 5) is 17.1.